The molecule has 0 saturated heterocycles. The van der Waals surface area contributed by atoms with Gasteiger partial charge in [-0.25, -0.2) is 4.79 Å². The van der Waals surface area contributed by atoms with Gasteiger partial charge in [-0.05, 0) is 24.3 Å². The van der Waals surface area contributed by atoms with Crippen molar-refractivity contribution in [1.82, 2.24) is 5.32 Å². The number of para-hydroxylation sites is 1. The van der Waals surface area contributed by atoms with Crippen molar-refractivity contribution >= 4 is 35.0 Å². The van der Waals surface area contributed by atoms with Gasteiger partial charge < -0.3 is 10.4 Å². The monoisotopic (exact) mass is 365 g/mol. The average Bonchev–Trinajstić information content (AvgIpc) is 2.95. The molecule has 1 heterocycles. The minimum Gasteiger partial charge on any atom is -0.478 e. The lowest BCUT2D eigenvalue weighted by Gasteiger charge is -2.11. The molecule has 0 unspecified atom stereocenters. The highest BCUT2D eigenvalue weighted by Gasteiger charge is 2.38. The number of benzene rings is 2. The highest BCUT2D eigenvalue weighted by molar-refractivity contribution is 6.21. The van der Waals surface area contributed by atoms with Crippen LogP contribution < -0.4 is 10.3 Å². The number of carboxylic acid groups (broad SMARTS) is 1. The number of hydrogen-bond acceptors (Lipinski definition) is 6. The van der Waals surface area contributed by atoms with Crippen molar-refractivity contribution in [3.63, 3.8) is 0 Å². The number of aromatic carboxylic acids is 1. The molecule has 9 heteroatoms. The van der Waals surface area contributed by atoms with Gasteiger partial charge in [0.1, 0.15) is 0 Å². The van der Waals surface area contributed by atoms with Gasteiger partial charge in [0.05, 0.1) is 16.9 Å². The Balaban J connectivity index is 1.94. The Kier molecular flexibility index (Phi) is 5.02. The molecule has 2 N–H and O–H groups in total. The van der Waals surface area contributed by atoms with E-state index in [1.54, 1.807) is 42.5 Å². The molecule has 1 atom stereocenters. The van der Waals surface area contributed by atoms with Crippen LogP contribution in [0.5, 0.6) is 0 Å². The summed E-state index contributed by atoms with van der Waals surface area (Å²) in [7, 11) is 0. The standard InChI is InChI=1S/C18H15N5O4/c1-11(24)19-16-15(17(25)23(22-16)12-7-3-2-4-8-12)21-20-14-10-6-5-9-13(14)18(26)27/h2-10,15H,1H3,(H,26,27)(H,19,22,24)/t15-/m0/s1. The smallest absolute Gasteiger partial charge is 0.337 e. The molecule has 3 rings (SSSR count). The van der Waals surface area contributed by atoms with E-state index in [-0.39, 0.29) is 17.1 Å². The molecule has 2 amide bonds. The van der Waals surface area contributed by atoms with Gasteiger partial charge in [-0.3, -0.25) is 9.59 Å². The molecule has 0 radical (unpaired) electrons. The van der Waals surface area contributed by atoms with Gasteiger partial charge in [-0.2, -0.15) is 15.2 Å². The fraction of sp³-hybridized carbons (Fsp3) is 0.111. The highest BCUT2D eigenvalue weighted by atomic mass is 16.4. The van der Waals surface area contributed by atoms with Crippen LogP contribution in [0.2, 0.25) is 0 Å². The van der Waals surface area contributed by atoms with Crippen LogP contribution >= 0.6 is 0 Å². The molecule has 0 bridgehead atoms. The van der Waals surface area contributed by atoms with E-state index in [1.807, 2.05) is 0 Å². The maximum absolute atomic E-state index is 12.7. The van der Waals surface area contributed by atoms with Crippen LogP contribution in [0.4, 0.5) is 11.4 Å². The summed E-state index contributed by atoms with van der Waals surface area (Å²) in [5, 5.41) is 24.8. The molecular formula is C18H15N5O4. The van der Waals surface area contributed by atoms with Crippen molar-refractivity contribution in [1.29, 1.82) is 0 Å². The molecule has 1 aliphatic heterocycles. The zero-order chi connectivity index (χ0) is 19.4. The first-order valence-electron chi connectivity index (χ1n) is 7.95. The number of anilines is 1. The average molecular weight is 365 g/mol. The molecule has 9 nitrogen and oxygen atoms in total. The summed E-state index contributed by atoms with van der Waals surface area (Å²) in [5.41, 5.74) is 0.553. The Hall–Kier alpha value is -3.88. The van der Waals surface area contributed by atoms with Crippen LogP contribution in [0, 0.1) is 0 Å². The number of azo groups is 1. The fourth-order valence-electron chi connectivity index (χ4n) is 2.44. The SMILES string of the molecule is CC(=O)NC1=NN(c2ccccc2)C(=O)[C@H]1N=Nc1ccccc1C(=O)O. The van der Waals surface area contributed by atoms with Crippen molar-refractivity contribution in [2.75, 3.05) is 5.01 Å². The number of rotatable bonds is 4. The number of amides is 2. The topological polar surface area (TPSA) is 124 Å². The first kappa shape index (κ1) is 17.9. The first-order chi connectivity index (χ1) is 13.0. The van der Waals surface area contributed by atoms with E-state index in [0.717, 1.165) is 5.01 Å². The molecule has 27 heavy (non-hydrogen) atoms. The number of amidine groups is 1. The van der Waals surface area contributed by atoms with Gasteiger partial charge in [0.2, 0.25) is 11.9 Å². The Labute approximate surface area is 154 Å². The third kappa shape index (κ3) is 3.87. The predicted molar refractivity (Wildman–Crippen MR) is 96.9 cm³/mol. The third-order valence-corrected chi connectivity index (χ3v) is 3.63. The van der Waals surface area contributed by atoms with E-state index in [1.165, 1.54) is 19.1 Å². The predicted octanol–water partition coefficient (Wildman–Crippen LogP) is 2.33. The molecule has 0 spiro atoms. The zero-order valence-electron chi connectivity index (χ0n) is 14.2. The van der Waals surface area contributed by atoms with Gasteiger partial charge in [-0.15, -0.1) is 5.10 Å². The van der Waals surface area contributed by atoms with E-state index in [2.05, 4.69) is 20.6 Å². The summed E-state index contributed by atoms with van der Waals surface area (Å²) in [6, 6.07) is 13.5. The van der Waals surface area contributed by atoms with E-state index < -0.39 is 23.8 Å². The zero-order valence-corrected chi connectivity index (χ0v) is 14.2. The molecule has 136 valence electrons. The molecule has 2 aromatic rings. The summed E-state index contributed by atoms with van der Waals surface area (Å²) >= 11 is 0. The molecular weight excluding hydrogens is 350 g/mol. The number of nitrogens with one attached hydrogen (secondary N) is 1. The van der Waals surface area contributed by atoms with Gasteiger partial charge in [-0.1, -0.05) is 30.3 Å². The number of hydrogen-bond donors (Lipinski definition) is 2. The molecule has 0 aliphatic carbocycles. The van der Waals surface area contributed by atoms with Crippen LogP contribution in [0.3, 0.4) is 0 Å². The van der Waals surface area contributed by atoms with Crippen LogP contribution in [0.25, 0.3) is 0 Å². The summed E-state index contributed by atoms with van der Waals surface area (Å²) in [6.07, 6.45) is 0. The lowest BCUT2D eigenvalue weighted by Crippen LogP contribution is -2.38. The van der Waals surface area contributed by atoms with Gasteiger partial charge >= 0.3 is 5.97 Å². The normalized spacial score (nSPS) is 16.5. The number of carboxylic acids is 1. The highest BCUT2D eigenvalue weighted by Crippen LogP contribution is 2.24. The first-order valence-corrected chi connectivity index (χ1v) is 7.95. The fourth-order valence-corrected chi connectivity index (χ4v) is 2.44. The molecule has 2 aromatic carbocycles. The van der Waals surface area contributed by atoms with E-state index in [9.17, 15) is 19.5 Å². The number of carbonyl (C=O) groups excluding carboxylic acids is 2. The van der Waals surface area contributed by atoms with Gasteiger partial charge in [0.15, 0.2) is 5.84 Å². The van der Waals surface area contributed by atoms with Crippen LogP contribution in [-0.2, 0) is 9.59 Å². The van der Waals surface area contributed by atoms with Gasteiger partial charge in [0.25, 0.3) is 5.91 Å². The Morgan fingerprint density at radius 2 is 1.78 bits per heavy atom. The Morgan fingerprint density at radius 3 is 2.44 bits per heavy atom. The maximum atomic E-state index is 12.7. The lowest BCUT2D eigenvalue weighted by molar-refractivity contribution is -0.117. The summed E-state index contributed by atoms with van der Waals surface area (Å²) in [4.78, 5) is 35.4. The largest absolute Gasteiger partial charge is 0.478 e. The van der Waals surface area contributed by atoms with Crippen LogP contribution in [0.1, 0.15) is 17.3 Å². The second kappa shape index (κ2) is 7.56. The second-order valence-corrected chi connectivity index (χ2v) is 5.59. The van der Waals surface area contributed by atoms with E-state index in [0.29, 0.717) is 5.69 Å². The Morgan fingerprint density at radius 1 is 1.11 bits per heavy atom. The van der Waals surface area contributed by atoms with E-state index >= 15 is 0 Å². The summed E-state index contributed by atoms with van der Waals surface area (Å²) in [5.74, 6) is -2.07. The Bertz CT molecular complexity index is 955. The van der Waals surface area contributed by atoms with Crippen LogP contribution in [-0.4, -0.2) is 34.8 Å². The molecule has 0 aromatic heterocycles. The van der Waals surface area contributed by atoms with E-state index in [4.69, 9.17) is 0 Å². The van der Waals surface area contributed by atoms with Crippen molar-refractivity contribution in [3.8, 4) is 0 Å². The summed E-state index contributed by atoms with van der Waals surface area (Å²) < 4.78 is 0. The van der Waals surface area contributed by atoms with Gasteiger partial charge in [0, 0.05) is 6.92 Å². The van der Waals surface area contributed by atoms with Crippen molar-refractivity contribution in [3.05, 3.63) is 60.2 Å². The number of hydrazone groups is 1. The molecule has 1 aliphatic rings. The second-order valence-electron chi connectivity index (χ2n) is 5.59. The van der Waals surface area contributed by atoms with Crippen LogP contribution in [0.15, 0.2) is 69.9 Å². The number of carbonyl (C=O) groups is 3. The third-order valence-electron chi connectivity index (χ3n) is 3.63. The number of nitrogens with zero attached hydrogens (tertiary/aromatic N) is 4. The van der Waals surface area contributed by atoms with Crippen molar-refractivity contribution in [2.45, 2.75) is 13.0 Å². The maximum Gasteiger partial charge on any atom is 0.337 e. The quantitative estimate of drug-likeness (QED) is 0.807. The lowest BCUT2D eigenvalue weighted by atomic mass is 10.2. The summed E-state index contributed by atoms with van der Waals surface area (Å²) in [6.45, 7) is 1.28. The molecule has 0 fully saturated rings. The minimum atomic E-state index is -1.18. The molecule has 0 saturated carbocycles. The van der Waals surface area contributed by atoms with Crippen molar-refractivity contribution < 1.29 is 19.5 Å². The minimum absolute atomic E-state index is 0.0212. The van der Waals surface area contributed by atoms with Crippen molar-refractivity contribution in [2.24, 2.45) is 15.3 Å².